The number of Topliss-reactive ketones (excluding diaryl/α,β-unsaturated/α-hetero) is 1. The van der Waals surface area contributed by atoms with Crippen LogP contribution in [0.4, 0.5) is 4.39 Å². The Morgan fingerprint density at radius 3 is 2.73 bits per heavy atom. The van der Waals surface area contributed by atoms with Crippen molar-refractivity contribution in [1.82, 2.24) is 0 Å². The summed E-state index contributed by atoms with van der Waals surface area (Å²) in [6, 6.07) is 2.47. The van der Waals surface area contributed by atoms with Crippen molar-refractivity contribution in [2.24, 2.45) is 0 Å². The third-order valence-corrected chi connectivity index (χ3v) is 2.37. The standard InChI is InChI=1S/C10H8BrFO3/c1-15-9-3-6(8(14)4-11)2-7(5-13)10(9)12/h2-3,5H,4H2,1H3. The zero-order valence-corrected chi connectivity index (χ0v) is 9.51. The van der Waals surface area contributed by atoms with Gasteiger partial charge in [0.15, 0.2) is 23.6 Å². The number of rotatable bonds is 4. The van der Waals surface area contributed by atoms with E-state index in [1.165, 1.54) is 19.2 Å². The Morgan fingerprint density at radius 2 is 2.27 bits per heavy atom. The van der Waals surface area contributed by atoms with E-state index in [2.05, 4.69) is 15.9 Å². The lowest BCUT2D eigenvalue weighted by Crippen LogP contribution is -2.04. The molecule has 0 fully saturated rings. The van der Waals surface area contributed by atoms with Crippen LogP contribution in [0.25, 0.3) is 0 Å². The Hall–Kier alpha value is -1.23. The molecule has 0 bridgehead atoms. The molecule has 0 saturated carbocycles. The summed E-state index contributed by atoms with van der Waals surface area (Å²) < 4.78 is 18.1. The van der Waals surface area contributed by atoms with E-state index in [0.29, 0.717) is 6.29 Å². The van der Waals surface area contributed by atoms with Crippen molar-refractivity contribution in [3.05, 3.63) is 29.1 Å². The molecule has 0 aliphatic carbocycles. The summed E-state index contributed by atoms with van der Waals surface area (Å²) in [6.45, 7) is 0. The largest absolute Gasteiger partial charge is 0.494 e. The molecule has 1 rings (SSSR count). The van der Waals surface area contributed by atoms with Crippen molar-refractivity contribution < 1.29 is 18.7 Å². The van der Waals surface area contributed by atoms with Gasteiger partial charge in [-0.3, -0.25) is 9.59 Å². The fourth-order valence-electron chi connectivity index (χ4n) is 1.09. The number of ketones is 1. The molecular formula is C10H8BrFO3. The van der Waals surface area contributed by atoms with Gasteiger partial charge in [0.1, 0.15) is 0 Å². The van der Waals surface area contributed by atoms with E-state index in [-0.39, 0.29) is 28.0 Å². The molecule has 0 aliphatic rings. The number of carbonyl (C=O) groups is 2. The molecule has 0 heterocycles. The van der Waals surface area contributed by atoms with E-state index in [1.54, 1.807) is 0 Å². The van der Waals surface area contributed by atoms with Crippen LogP contribution in [0.5, 0.6) is 5.75 Å². The first kappa shape index (κ1) is 11.8. The summed E-state index contributed by atoms with van der Waals surface area (Å²) in [7, 11) is 1.27. The first-order valence-corrected chi connectivity index (χ1v) is 5.18. The number of benzene rings is 1. The first-order chi connectivity index (χ1) is 7.13. The molecule has 0 amide bonds. The fourth-order valence-corrected chi connectivity index (χ4v) is 1.42. The van der Waals surface area contributed by atoms with Crippen LogP contribution >= 0.6 is 15.9 Å². The minimum absolute atomic E-state index is 0.107. The Balaban J connectivity index is 3.32. The van der Waals surface area contributed by atoms with E-state index in [0.717, 1.165) is 0 Å². The number of hydrogen-bond donors (Lipinski definition) is 0. The van der Waals surface area contributed by atoms with Crippen molar-refractivity contribution in [2.45, 2.75) is 0 Å². The van der Waals surface area contributed by atoms with Crippen molar-refractivity contribution in [1.29, 1.82) is 0 Å². The summed E-state index contributed by atoms with van der Waals surface area (Å²) in [6.07, 6.45) is 0.350. The van der Waals surface area contributed by atoms with E-state index < -0.39 is 5.82 Å². The van der Waals surface area contributed by atoms with Gasteiger partial charge < -0.3 is 4.74 Å². The van der Waals surface area contributed by atoms with E-state index in [4.69, 9.17) is 4.74 Å². The first-order valence-electron chi connectivity index (χ1n) is 4.06. The molecular weight excluding hydrogens is 267 g/mol. The third-order valence-electron chi connectivity index (χ3n) is 1.86. The molecule has 5 heteroatoms. The van der Waals surface area contributed by atoms with E-state index in [1.807, 2.05) is 0 Å². The minimum Gasteiger partial charge on any atom is -0.494 e. The number of alkyl halides is 1. The molecule has 15 heavy (non-hydrogen) atoms. The number of ether oxygens (including phenoxy) is 1. The van der Waals surface area contributed by atoms with Gasteiger partial charge in [-0.2, -0.15) is 0 Å². The lowest BCUT2D eigenvalue weighted by molar-refractivity contribution is 0.102. The molecule has 0 aromatic heterocycles. The second-order valence-electron chi connectivity index (χ2n) is 2.76. The monoisotopic (exact) mass is 274 g/mol. The third kappa shape index (κ3) is 2.41. The van der Waals surface area contributed by atoms with E-state index in [9.17, 15) is 14.0 Å². The van der Waals surface area contributed by atoms with Crippen LogP contribution in [-0.2, 0) is 0 Å². The van der Waals surface area contributed by atoms with Crippen LogP contribution < -0.4 is 4.74 Å². The van der Waals surface area contributed by atoms with Gasteiger partial charge in [0.2, 0.25) is 0 Å². The van der Waals surface area contributed by atoms with Gasteiger partial charge in [-0.25, -0.2) is 4.39 Å². The Kier molecular flexibility index (Phi) is 3.96. The highest BCUT2D eigenvalue weighted by atomic mass is 79.9. The molecule has 0 saturated heterocycles. The number of halogens is 2. The van der Waals surface area contributed by atoms with Gasteiger partial charge in [-0.05, 0) is 12.1 Å². The molecule has 3 nitrogen and oxygen atoms in total. The van der Waals surface area contributed by atoms with Crippen LogP contribution in [0.1, 0.15) is 20.7 Å². The quantitative estimate of drug-likeness (QED) is 0.480. The predicted octanol–water partition coefficient (Wildman–Crippen LogP) is 2.22. The van der Waals surface area contributed by atoms with Crippen molar-refractivity contribution >= 4 is 28.0 Å². The Labute approximate surface area is 94.4 Å². The number of aldehydes is 1. The van der Waals surface area contributed by atoms with Crippen LogP contribution in [0, 0.1) is 5.82 Å². The summed E-state index contributed by atoms with van der Waals surface area (Å²) >= 11 is 2.99. The predicted molar refractivity (Wildman–Crippen MR) is 56.5 cm³/mol. The maximum Gasteiger partial charge on any atom is 0.175 e. The molecule has 0 aliphatic heterocycles. The molecule has 0 radical (unpaired) electrons. The molecule has 0 unspecified atom stereocenters. The summed E-state index contributed by atoms with van der Waals surface area (Å²) in [5.41, 5.74) is 0.0610. The molecule has 80 valence electrons. The lowest BCUT2D eigenvalue weighted by atomic mass is 10.1. The zero-order chi connectivity index (χ0) is 11.4. The second kappa shape index (κ2) is 5.02. The minimum atomic E-state index is -0.751. The zero-order valence-electron chi connectivity index (χ0n) is 7.92. The van der Waals surface area contributed by atoms with Gasteiger partial charge in [-0.1, -0.05) is 15.9 Å². The van der Waals surface area contributed by atoms with Crippen molar-refractivity contribution in [3.8, 4) is 5.75 Å². The number of methoxy groups -OCH3 is 1. The molecule has 1 aromatic rings. The molecule has 0 spiro atoms. The second-order valence-corrected chi connectivity index (χ2v) is 3.32. The van der Waals surface area contributed by atoms with Crippen LogP contribution in [0.2, 0.25) is 0 Å². The summed E-state index contributed by atoms with van der Waals surface area (Å²) in [4.78, 5) is 21.9. The molecule has 0 N–H and O–H groups in total. The molecule has 1 aromatic carbocycles. The summed E-state index contributed by atoms with van der Waals surface area (Å²) in [5, 5.41) is 0.111. The Morgan fingerprint density at radius 1 is 1.60 bits per heavy atom. The van der Waals surface area contributed by atoms with Gasteiger partial charge in [0, 0.05) is 5.56 Å². The SMILES string of the molecule is COc1cc(C(=O)CBr)cc(C=O)c1F. The maximum atomic E-state index is 13.3. The van der Waals surface area contributed by atoms with Gasteiger partial charge in [0.05, 0.1) is 18.0 Å². The highest BCUT2D eigenvalue weighted by Gasteiger charge is 2.14. The normalized spacial score (nSPS) is 9.80. The topological polar surface area (TPSA) is 43.4 Å². The van der Waals surface area contributed by atoms with Crippen LogP contribution in [0.3, 0.4) is 0 Å². The fraction of sp³-hybridized carbons (Fsp3) is 0.200. The Bertz CT molecular complexity index is 404. The van der Waals surface area contributed by atoms with Gasteiger partial charge in [0.25, 0.3) is 0 Å². The number of carbonyl (C=O) groups excluding carboxylic acids is 2. The van der Waals surface area contributed by atoms with Crippen LogP contribution in [0.15, 0.2) is 12.1 Å². The van der Waals surface area contributed by atoms with Gasteiger partial charge in [-0.15, -0.1) is 0 Å². The van der Waals surface area contributed by atoms with Crippen molar-refractivity contribution in [3.63, 3.8) is 0 Å². The van der Waals surface area contributed by atoms with Crippen molar-refractivity contribution in [2.75, 3.05) is 12.4 Å². The highest BCUT2D eigenvalue weighted by molar-refractivity contribution is 9.09. The average molecular weight is 275 g/mol. The summed E-state index contributed by atoms with van der Waals surface area (Å²) in [5.74, 6) is -1.10. The van der Waals surface area contributed by atoms with Crippen LogP contribution in [-0.4, -0.2) is 24.5 Å². The highest BCUT2D eigenvalue weighted by Crippen LogP contribution is 2.22. The average Bonchev–Trinajstić information content (AvgIpc) is 2.28. The lowest BCUT2D eigenvalue weighted by Gasteiger charge is -2.06. The number of hydrogen-bond acceptors (Lipinski definition) is 3. The smallest absolute Gasteiger partial charge is 0.175 e. The van der Waals surface area contributed by atoms with Gasteiger partial charge >= 0.3 is 0 Å². The molecule has 0 atom stereocenters. The maximum absolute atomic E-state index is 13.3. The van der Waals surface area contributed by atoms with E-state index >= 15 is 0 Å².